The maximum absolute atomic E-state index is 9.23. The van der Waals surface area contributed by atoms with Crippen LogP contribution in [0.4, 0.5) is 0 Å². The summed E-state index contributed by atoms with van der Waals surface area (Å²) in [5.41, 5.74) is 6.08. The molecule has 0 amide bonds. The lowest BCUT2D eigenvalue weighted by molar-refractivity contribution is 0.146. The Morgan fingerprint density at radius 2 is 2.40 bits per heavy atom. The molecule has 0 fully saturated rings. The van der Waals surface area contributed by atoms with E-state index in [-0.39, 0.29) is 11.7 Å². The van der Waals surface area contributed by atoms with Crippen LogP contribution in [0.15, 0.2) is 10.7 Å². The molecule has 2 unspecified atom stereocenters. The number of hydrogen-bond acceptors (Lipinski definition) is 7. The summed E-state index contributed by atoms with van der Waals surface area (Å²) >= 11 is 0. The Labute approximate surface area is 84.5 Å². The van der Waals surface area contributed by atoms with Crippen LogP contribution >= 0.6 is 0 Å². The van der Waals surface area contributed by atoms with Gasteiger partial charge >= 0.3 is 0 Å². The summed E-state index contributed by atoms with van der Waals surface area (Å²) in [6.45, 7) is 1.55. The quantitative estimate of drug-likeness (QED) is 0.607. The van der Waals surface area contributed by atoms with E-state index in [1.807, 2.05) is 0 Å². The van der Waals surface area contributed by atoms with Gasteiger partial charge in [-0.25, -0.2) is 0 Å². The molecule has 0 radical (unpaired) electrons. The van der Waals surface area contributed by atoms with Gasteiger partial charge in [0.15, 0.2) is 5.69 Å². The molecule has 8 heteroatoms. The first-order valence-electron chi connectivity index (χ1n) is 4.32. The fourth-order valence-corrected chi connectivity index (χ4v) is 0.990. The first-order valence-corrected chi connectivity index (χ1v) is 4.32. The zero-order chi connectivity index (χ0) is 10.8. The van der Waals surface area contributed by atoms with Gasteiger partial charge in [0.25, 0.3) is 0 Å². The van der Waals surface area contributed by atoms with Gasteiger partial charge in [-0.2, -0.15) is 20.4 Å². The lowest BCUT2D eigenvalue weighted by Crippen LogP contribution is -2.23. The highest BCUT2D eigenvalue weighted by Gasteiger charge is 2.20. The minimum Gasteiger partial charge on any atom is -0.391 e. The molecule has 80 valence electrons. The molecule has 0 spiro atoms. The maximum Gasteiger partial charge on any atom is 0.246 e. The van der Waals surface area contributed by atoms with Gasteiger partial charge < -0.3 is 15.4 Å². The van der Waals surface area contributed by atoms with Crippen LogP contribution in [0.2, 0.25) is 0 Å². The van der Waals surface area contributed by atoms with Crippen molar-refractivity contribution in [3.63, 3.8) is 0 Å². The molecule has 2 rings (SSSR count). The molecular formula is C7H10N6O2. The molecule has 15 heavy (non-hydrogen) atoms. The molecule has 0 bridgehead atoms. The molecule has 0 aliphatic heterocycles. The number of aromatic nitrogens is 5. The van der Waals surface area contributed by atoms with Crippen LogP contribution in [0.3, 0.4) is 0 Å². The van der Waals surface area contributed by atoms with Crippen molar-refractivity contribution in [2.24, 2.45) is 5.73 Å². The molecule has 2 aromatic rings. The van der Waals surface area contributed by atoms with Gasteiger partial charge in [-0.15, -0.1) is 0 Å². The molecule has 2 heterocycles. The molecule has 2 aromatic heterocycles. The van der Waals surface area contributed by atoms with Crippen molar-refractivity contribution in [1.82, 2.24) is 25.6 Å². The second-order valence-electron chi connectivity index (χ2n) is 3.08. The Morgan fingerprint density at radius 1 is 1.60 bits per heavy atom. The van der Waals surface area contributed by atoms with E-state index >= 15 is 0 Å². The third kappa shape index (κ3) is 1.85. The van der Waals surface area contributed by atoms with E-state index in [4.69, 9.17) is 10.3 Å². The normalized spacial score (nSPS) is 15.1. The van der Waals surface area contributed by atoms with Crippen molar-refractivity contribution in [2.75, 3.05) is 0 Å². The Balaban J connectivity index is 2.25. The predicted molar refractivity (Wildman–Crippen MR) is 48.3 cm³/mol. The summed E-state index contributed by atoms with van der Waals surface area (Å²) in [7, 11) is 0. The maximum atomic E-state index is 9.23. The number of nitrogens with one attached hydrogen (secondary N) is 1. The average Bonchev–Trinajstić information content (AvgIpc) is 2.86. The molecule has 0 saturated carbocycles. The molecule has 2 atom stereocenters. The van der Waals surface area contributed by atoms with Crippen LogP contribution < -0.4 is 5.73 Å². The van der Waals surface area contributed by atoms with Crippen LogP contribution in [-0.2, 0) is 0 Å². The molecule has 4 N–H and O–H groups in total. The number of H-pyrrole nitrogens is 1. The largest absolute Gasteiger partial charge is 0.391 e. The summed E-state index contributed by atoms with van der Waals surface area (Å²) in [5.74, 6) is 0.456. The summed E-state index contributed by atoms with van der Waals surface area (Å²) in [4.78, 5) is 3.99. The smallest absolute Gasteiger partial charge is 0.246 e. The van der Waals surface area contributed by atoms with Crippen molar-refractivity contribution in [1.29, 1.82) is 0 Å². The van der Waals surface area contributed by atoms with Crippen LogP contribution in [0.25, 0.3) is 11.5 Å². The molecule has 8 nitrogen and oxygen atoms in total. The summed E-state index contributed by atoms with van der Waals surface area (Å²) < 4.78 is 4.88. The Bertz CT molecular complexity index is 422. The first kappa shape index (κ1) is 9.74. The monoisotopic (exact) mass is 210 g/mol. The SMILES string of the molecule is CC(O)C(N)c1nc(-c2cn[nH]n2)no1. The van der Waals surface area contributed by atoms with Gasteiger partial charge in [0.05, 0.1) is 12.3 Å². The van der Waals surface area contributed by atoms with Crippen LogP contribution in [0.1, 0.15) is 18.9 Å². The van der Waals surface area contributed by atoms with E-state index in [9.17, 15) is 5.11 Å². The fourth-order valence-electron chi connectivity index (χ4n) is 0.990. The number of hydrogen-bond donors (Lipinski definition) is 3. The highest BCUT2D eigenvalue weighted by atomic mass is 16.5. The molecule has 0 aliphatic carbocycles. The highest BCUT2D eigenvalue weighted by Crippen LogP contribution is 2.16. The fraction of sp³-hybridized carbons (Fsp3) is 0.429. The predicted octanol–water partition coefficient (Wildman–Crippen LogP) is -0.765. The first-order chi connectivity index (χ1) is 7.18. The zero-order valence-corrected chi connectivity index (χ0v) is 7.95. The van der Waals surface area contributed by atoms with E-state index in [0.717, 1.165) is 0 Å². The summed E-state index contributed by atoms with van der Waals surface area (Å²) in [6.07, 6.45) is 0.707. The minimum absolute atomic E-state index is 0.169. The highest BCUT2D eigenvalue weighted by molar-refractivity contribution is 5.44. The summed E-state index contributed by atoms with van der Waals surface area (Å²) in [5, 5.41) is 22.7. The lowest BCUT2D eigenvalue weighted by atomic mass is 10.2. The third-order valence-corrected chi connectivity index (χ3v) is 1.89. The number of rotatable bonds is 3. The van der Waals surface area contributed by atoms with E-state index in [1.165, 1.54) is 6.20 Å². The minimum atomic E-state index is -0.754. The van der Waals surface area contributed by atoms with E-state index < -0.39 is 12.1 Å². The number of aliphatic hydroxyl groups excluding tert-OH is 1. The molecule has 0 aromatic carbocycles. The van der Waals surface area contributed by atoms with Gasteiger partial charge in [-0.05, 0) is 6.92 Å². The molecule has 0 aliphatic rings. The number of aliphatic hydroxyl groups is 1. The van der Waals surface area contributed by atoms with Crippen molar-refractivity contribution >= 4 is 0 Å². The lowest BCUT2D eigenvalue weighted by Gasteiger charge is -2.08. The Kier molecular flexibility index (Phi) is 2.44. The van der Waals surface area contributed by atoms with E-state index in [0.29, 0.717) is 5.69 Å². The van der Waals surface area contributed by atoms with Gasteiger partial charge in [-0.1, -0.05) is 5.16 Å². The van der Waals surface area contributed by atoms with Crippen molar-refractivity contribution in [3.8, 4) is 11.5 Å². The standard InChI is InChI=1S/C7H10N6O2/c1-3(14)5(8)7-10-6(12-15-7)4-2-9-13-11-4/h2-3,5,14H,8H2,1H3,(H,9,11,13). The van der Waals surface area contributed by atoms with Crippen LogP contribution in [-0.4, -0.2) is 36.8 Å². The number of nitrogens with two attached hydrogens (primary N) is 1. The topological polar surface area (TPSA) is 127 Å². The van der Waals surface area contributed by atoms with Crippen molar-refractivity contribution < 1.29 is 9.63 Å². The molecular weight excluding hydrogens is 200 g/mol. The average molecular weight is 210 g/mol. The third-order valence-electron chi connectivity index (χ3n) is 1.89. The van der Waals surface area contributed by atoms with Crippen LogP contribution in [0, 0.1) is 0 Å². The van der Waals surface area contributed by atoms with Crippen molar-refractivity contribution in [2.45, 2.75) is 19.1 Å². The van der Waals surface area contributed by atoms with Gasteiger partial charge in [-0.3, -0.25) is 0 Å². The summed E-state index contributed by atoms with van der Waals surface area (Å²) in [6, 6.07) is -0.696. The Morgan fingerprint density at radius 3 is 3.00 bits per heavy atom. The van der Waals surface area contributed by atoms with Gasteiger partial charge in [0.2, 0.25) is 11.7 Å². The second-order valence-corrected chi connectivity index (χ2v) is 3.08. The van der Waals surface area contributed by atoms with Gasteiger partial charge in [0.1, 0.15) is 6.04 Å². The number of nitrogens with zero attached hydrogens (tertiary/aromatic N) is 4. The Hall–Kier alpha value is -1.80. The van der Waals surface area contributed by atoms with Gasteiger partial charge in [0, 0.05) is 0 Å². The van der Waals surface area contributed by atoms with Crippen molar-refractivity contribution in [3.05, 3.63) is 12.1 Å². The van der Waals surface area contributed by atoms with E-state index in [2.05, 4.69) is 25.6 Å². The van der Waals surface area contributed by atoms with E-state index in [1.54, 1.807) is 6.92 Å². The van der Waals surface area contributed by atoms with Crippen LogP contribution in [0.5, 0.6) is 0 Å². The number of aromatic amines is 1. The molecule has 0 saturated heterocycles. The second kappa shape index (κ2) is 3.75. The zero-order valence-electron chi connectivity index (χ0n) is 7.95.